The highest BCUT2D eigenvalue weighted by molar-refractivity contribution is 6.30. The summed E-state index contributed by atoms with van der Waals surface area (Å²) in [6.07, 6.45) is -5.34. The molecule has 1 atom stereocenters. The van der Waals surface area contributed by atoms with Gasteiger partial charge in [0.25, 0.3) is 5.91 Å². The van der Waals surface area contributed by atoms with E-state index >= 15 is 0 Å². The predicted octanol–water partition coefficient (Wildman–Crippen LogP) is 3.38. The third kappa shape index (κ3) is 3.97. The molecule has 3 aromatic rings. The molecular weight excluding hydrogens is 413 g/mol. The van der Waals surface area contributed by atoms with E-state index < -0.39 is 29.4 Å². The van der Waals surface area contributed by atoms with E-state index in [-0.39, 0.29) is 23.5 Å². The summed E-state index contributed by atoms with van der Waals surface area (Å²) >= 11 is 5.92. The minimum absolute atomic E-state index is 0.0177. The molecule has 0 saturated heterocycles. The molecule has 2 aromatic carbocycles. The van der Waals surface area contributed by atoms with Crippen LogP contribution in [-0.4, -0.2) is 27.2 Å². The van der Waals surface area contributed by atoms with E-state index in [1.807, 2.05) is 0 Å². The van der Waals surface area contributed by atoms with Crippen molar-refractivity contribution >= 4 is 23.2 Å². The number of H-pyrrole nitrogens is 2. The number of hydrogen-bond donors (Lipinski definition) is 3. The molecule has 1 amide bonds. The molecule has 0 fully saturated rings. The minimum Gasteiger partial charge on any atom is -0.480 e. The van der Waals surface area contributed by atoms with Crippen LogP contribution in [0.1, 0.15) is 11.1 Å². The Morgan fingerprint density at radius 1 is 1.24 bits per heavy atom. The first kappa shape index (κ1) is 19.1. The van der Waals surface area contributed by atoms with Crippen molar-refractivity contribution in [2.75, 3.05) is 5.32 Å². The Hall–Kier alpha value is -3.27. The lowest BCUT2D eigenvalue weighted by molar-refractivity contribution is -0.137. The quantitative estimate of drug-likeness (QED) is 0.600. The Labute approximate surface area is 165 Å². The maximum atomic E-state index is 13.3. The van der Waals surface area contributed by atoms with Gasteiger partial charge in [-0.15, -0.1) is 0 Å². The standard InChI is InChI=1S/C18H12ClF3N4O3/c19-11-1-2-13-8(4-11)6-14(29-13)16(27)23-12-5-9(15-24-17(28)26-25-15)3-10(7-12)18(20,21)22/h1-5,7,14H,6H2,(H,23,27)(H2,24,25,26,28)/t14-/m1/s1. The van der Waals surface area contributed by atoms with Crippen LogP contribution in [0, 0.1) is 0 Å². The van der Waals surface area contributed by atoms with Gasteiger partial charge in [-0.3, -0.25) is 9.78 Å². The number of carbonyl (C=O) groups excluding carboxylic acids is 1. The van der Waals surface area contributed by atoms with Crippen molar-refractivity contribution < 1.29 is 22.7 Å². The van der Waals surface area contributed by atoms with Crippen LogP contribution in [0.25, 0.3) is 11.4 Å². The molecule has 1 aliphatic rings. The zero-order valence-corrected chi connectivity index (χ0v) is 15.2. The van der Waals surface area contributed by atoms with Gasteiger partial charge < -0.3 is 10.1 Å². The lowest BCUT2D eigenvalue weighted by Crippen LogP contribution is -2.31. The Kier molecular flexibility index (Phi) is 4.58. The summed E-state index contributed by atoms with van der Waals surface area (Å²) in [4.78, 5) is 26.1. The Morgan fingerprint density at radius 2 is 2.03 bits per heavy atom. The Bertz CT molecular complexity index is 1160. The van der Waals surface area contributed by atoms with Crippen LogP contribution in [0.5, 0.6) is 5.75 Å². The SMILES string of the molecule is O=C(Nc1cc(-c2n[nH]c(=O)[nH]2)cc(C(F)(F)F)c1)[C@H]1Cc2cc(Cl)ccc2O1. The van der Waals surface area contributed by atoms with Gasteiger partial charge in [0.2, 0.25) is 0 Å². The first-order chi connectivity index (χ1) is 13.7. The lowest BCUT2D eigenvalue weighted by atomic mass is 10.1. The molecule has 3 N–H and O–H groups in total. The van der Waals surface area contributed by atoms with Crippen LogP contribution in [-0.2, 0) is 17.4 Å². The summed E-state index contributed by atoms with van der Waals surface area (Å²) in [5.41, 5.74) is -1.07. The van der Waals surface area contributed by atoms with Crippen molar-refractivity contribution in [3.05, 3.63) is 63.0 Å². The van der Waals surface area contributed by atoms with E-state index in [9.17, 15) is 22.8 Å². The fraction of sp³-hybridized carbons (Fsp3) is 0.167. The number of carbonyl (C=O) groups is 1. The molecular formula is C18H12ClF3N4O3. The van der Waals surface area contributed by atoms with E-state index in [2.05, 4.69) is 20.5 Å². The zero-order chi connectivity index (χ0) is 20.8. The van der Waals surface area contributed by atoms with E-state index in [4.69, 9.17) is 16.3 Å². The van der Waals surface area contributed by atoms with Gasteiger partial charge in [-0.25, -0.2) is 9.89 Å². The largest absolute Gasteiger partial charge is 0.480 e. The van der Waals surface area contributed by atoms with Gasteiger partial charge in [-0.05, 0) is 42.0 Å². The van der Waals surface area contributed by atoms with Crippen molar-refractivity contribution in [3.63, 3.8) is 0 Å². The van der Waals surface area contributed by atoms with Crippen LogP contribution in [0.3, 0.4) is 0 Å². The molecule has 0 spiro atoms. The van der Waals surface area contributed by atoms with Crippen LogP contribution in [0.4, 0.5) is 18.9 Å². The highest BCUT2D eigenvalue weighted by Gasteiger charge is 2.33. The molecule has 7 nitrogen and oxygen atoms in total. The van der Waals surface area contributed by atoms with Gasteiger partial charge in [0, 0.05) is 22.7 Å². The average molecular weight is 425 g/mol. The van der Waals surface area contributed by atoms with Crippen molar-refractivity contribution in [2.45, 2.75) is 18.7 Å². The number of aromatic nitrogens is 3. The van der Waals surface area contributed by atoms with Gasteiger partial charge in [-0.2, -0.15) is 18.3 Å². The molecule has 1 aliphatic heterocycles. The lowest BCUT2D eigenvalue weighted by Gasteiger charge is -2.14. The second-order valence-corrected chi connectivity index (χ2v) is 6.81. The highest BCUT2D eigenvalue weighted by atomic mass is 35.5. The van der Waals surface area contributed by atoms with Crippen LogP contribution in [0.15, 0.2) is 41.2 Å². The number of hydrogen-bond acceptors (Lipinski definition) is 4. The summed E-state index contributed by atoms with van der Waals surface area (Å²) in [6.45, 7) is 0. The normalized spacial score (nSPS) is 15.7. The second-order valence-electron chi connectivity index (χ2n) is 6.38. The number of ether oxygens (including phenoxy) is 1. The molecule has 0 saturated carbocycles. The van der Waals surface area contributed by atoms with Gasteiger partial charge in [0.05, 0.1) is 5.56 Å². The molecule has 4 rings (SSSR count). The van der Waals surface area contributed by atoms with E-state index in [1.54, 1.807) is 18.2 Å². The first-order valence-corrected chi connectivity index (χ1v) is 8.70. The van der Waals surface area contributed by atoms with E-state index in [0.29, 0.717) is 10.8 Å². The third-order valence-electron chi connectivity index (χ3n) is 4.29. The number of aromatic amines is 2. The number of anilines is 1. The van der Waals surface area contributed by atoms with Gasteiger partial charge >= 0.3 is 11.9 Å². The summed E-state index contributed by atoms with van der Waals surface area (Å²) < 4.78 is 45.4. The zero-order valence-electron chi connectivity index (χ0n) is 14.4. The summed E-state index contributed by atoms with van der Waals surface area (Å²) in [6, 6.07) is 7.81. The molecule has 0 aliphatic carbocycles. The number of fused-ring (bicyclic) bond motifs is 1. The molecule has 150 valence electrons. The Morgan fingerprint density at radius 3 is 2.72 bits per heavy atom. The monoisotopic (exact) mass is 424 g/mol. The number of nitrogens with zero attached hydrogens (tertiary/aromatic N) is 1. The number of amides is 1. The minimum atomic E-state index is -4.66. The van der Waals surface area contributed by atoms with Crippen molar-refractivity contribution in [3.8, 4) is 17.1 Å². The number of benzene rings is 2. The molecule has 1 aromatic heterocycles. The third-order valence-corrected chi connectivity index (χ3v) is 4.53. The van der Waals surface area contributed by atoms with Crippen LogP contribution < -0.4 is 15.7 Å². The number of alkyl halides is 3. The van der Waals surface area contributed by atoms with Crippen molar-refractivity contribution in [2.24, 2.45) is 0 Å². The maximum Gasteiger partial charge on any atom is 0.416 e. The van der Waals surface area contributed by atoms with Crippen molar-refractivity contribution in [1.29, 1.82) is 0 Å². The summed E-state index contributed by atoms with van der Waals surface area (Å²) in [7, 11) is 0. The fourth-order valence-corrected chi connectivity index (χ4v) is 3.19. The number of halogens is 4. The van der Waals surface area contributed by atoms with E-state index in [1.165, 1.54) is 6.07 Å². The average Bonchev–Trinajstić information content (AvgIpc) is 3.26. The summed E-state index contributed by atoms with van der Waals surface area (Å²) in [5.74, 6) is -0.206. The fourth-order valence-electron chi connectivity index (χ4n) is 2.99. The smallest absolute Gasteiger partial charge is 0.416 e. The molecule has 2 heterocycles. The molecule has 11 heteroatoms. The topological polar surface area (TPSA) is 99.9 Å². The van der Waals surface area contributed by atoms with Gasteiger partial charge in [-0.1, -0.05) is 11.6 Å². The Balaban J connectivity index is 1.61. The number of nitrogens with one attached hydrogen (secondary N) is 3. The van der Waals surface area contributed by atoms with Gasteiger partial charge in [0.15, 0.2) is 11.9 Å². The summed E-state index contributed by atoms with van der Waals surface area (Å²) in [5, 5.41) is 8.64. The van der Waals surface area contributed by atoms with Gasteiger partial charge in [0.1, 0.15) is 5.75 Å². The molecule has 0 unspecified atom stereocenters. The first-order valence-electron chi connectivity index (χ1n) is 8.32. The van der Waals surface area contributed by atoms with E-state index in [0.717, 1.165) is 17.7 Å². The highest BCUT2D eigenvalue weighted by Crippen LogP contribution is 2.35. The van der Waals surface area contributed by atoms with Crippen molar-refractivity contribution in [1.82, 2.24) is 15.2 Å². The van der Waals surface area contributed by atoms with Crippen LogP contribution >= 0.6 is 11.6 Å². The number of rotatable bonds is 3. The second kappa shape index (κ2) is 6.96. The van der Waals surface area contributed by atoms with Crippen LogP contribution in [0.2, 0.25) is 5.02 Å². The molecule has 29 heavy (non-hydrogen) atoms. The molecule has 0 bridgehead atoms. The molecule has 0 radical (unpaired) electrons. The maximum absolute atomic E-state index is 13.3. The predicted molar refractivity (Wildman–Crippen MR) is 97.8 cm³/mol.